The van der Waals surface area contributed by atoms with Crippen LogP contribution in [0.4, 0.5) is 5.69 Å². The first kappa shape index (κ1) is 14.4. The summed E-state index contributed by atoms with van der Waals surface area (Å²) in [6.45, 7) is 2.75. The molecule has 6 heteroatoms. The van der Waals surface area contributed by atoms with Crippen LogP contribution in [-0.4, -0.2) is 10.5 Å². The van der Waals surface area contributed by atoms with Crippen molar-refractivity contribution in [2.45, 2.75) is 13.5 Å². The SMILES string of the molecule is CCn1c(C(=O)Nc2cc(Cl)cc(Cl)c2)cc2sccc21. The van der Waals surface area contributed by atoms with Crippen molar-refractivity contribution in [3.05, 3.63) is 51.5 Å². The Kier molecular flexibility index (Phi) is 3.93. The van der Waals surface area contributed by atoms with E-state index in [0.29, 0.717) is 21.4 Å². The minimum Gasteiger partial charge on any atom is -0.336 e. The van der Waals surface area contributed by atoms with Gasteiger partial charge in [-0.1, -0.05) is 23.2 Å². The molecule has 0 atom stereocenters. The molecular formula is C15H12Cl2N2OS. The summed E-state index contributed by atoms with van der Waals surface area (Å²) < 4.78 is 3.10. The molecule has 0 fully saturated rings. The fraction of sp³-hybridized carbons (Fsp3) is 0.133. The van der Waals surface area contributed by atoms with Crippen molar-refractivity contribution < 1.29 is 4.79 Å². The molecule has 0 aliphatic rings. The number of hydrogen-bond donors (Lipinski definition) is 1. The molecule has 2 aromatic heterocycles. The van der Waals surface area contributed by atoms with Crippen molar-refractivity contribution in [2.75, 3.05) is 5.32 Å². The number of benzene rings is 1. The molecule has 0 spiro atoms. The van der Waals surface area contributed by atoms with Crippen LogP contribution in [0.15, 0.2) is 35.7 Å². The van der Waals surface area contributed by atoms with Gasteiger partial charge in [0.2, 0.25) is 0 Å². The zero-order valence-corrected chi connectivity index (χ0v) is 13.5. The number of carbonyl (C=O) groups excluding carboxylic acids is 1. The second-order valence-corrected chi connectivity index (χ2v) is 6.38. The van der Waals surface area contributed by atoms with Crippen LogP contribution in [-0.2, 0) is 6.54 Å². The molecular weight excluding hydrogens is 327 g/mol. The molecule has 1 amide bonds. The topological polar surface area (TPSA) is 34.0 Å². The third-order valence-corrected chi connectivity index (χ3v) is 4.48. The van der Waals surface area contributed by atoms with Crippen LogP contribution < -0.4 is 5.32 Å². The van der Waals surface area contributed by atoms with E-state index in [1.165, 1.54) is 0 Å². The highest BCUT2D eigenvalue weighted by molar-refractivity contribution is 7.17. The van der Waals surface area contributed by atoms with Crippen LogP contribution in [0.5, 0.6) is 0 Å². The maximum absolute atomic E-state index is 12.5. The van der Waals surface area contributed by atoms with Gasteiger partial charge in [0, 0.05) is 22.3 Å². The Morgan fingerprint density at radius 2 is 1.95 bits per heavy atom. The minimum absolute atomic E-state index is 0.168. The smallest absolute Gasteiger partial charge is 0.272 e. The van der Waals surface area contributed by atoms with Gasteiger partial charge in [-0.25, -0.2) is 0 Å². The van der Waals surface area contributed by atoms with Gasteiger partial charge in [0.1, 0.15) is 5.69 Å². The Labute approximate surface area is 136 Å². The molecule has 0 aliphatic heterocycles. The second kappa shape index (κ2) is 5.72. The summed E-state index contributed by atoms with van der Waals surface area (Å²) in [6, 6.07) is 8.91. The molecule has 0 bridgehead atoms. The highest BCUT2D eigenvalue weighted by Gasteiger charge is 2.15. The number of fused-ring (bicyclic) bond motifs is 1. The van der Waals surface area contributed by atoms with E-state index in [2.05, 4.69) is 5.32 Å². The third kappa shape index (κ3) is 2.79. The number of hydrogen-bond acceptors (Lipinski definition) is 2. The van der Waals surface area contributed by atoms with Crippen LogP contribution in [0.3, 0.4) is 0 Å². The van der Waals surface area contributed by atoms with Crippen molar-refractivity contribution in [2.24, 2.45) is 0 Å². The maximum Gasteiger partial charge on any atom is 0.272 e. The molecule has 3 nitrogen and oxygen atoms in total. The van der Waals surface area contributed by atoms with Gasteiger partial charge in [-0.3, -0.25) is 4.79 Å². The summed E-state index contributed by atoms with van der Waals surface area (Å²) in [6.07, 6.45) is 0. The van der Waals surface area contributed by atoms with E-state index in [0.717, 1.165) is 16.8 Å². The molecule has 3 aromatic rings. The summed E-state index contributed by atoms with van der Waals surface area (Å²) in [7, 11) is 0. The Morgan fingerprint density at radius 3 is 2.62 bits per heavy atom. The molecule has 0 aliphatic carbocycles. The lowest BCUT2D eigenvalue weighted by Crippen LogP contribution is -2.16. The molecule has 0 saturated heterocycles. The van der Waals surface area contributed by atoms with Crippen molar-refractivity contribution in [3.8, 4) is 0 Å². The van der Waals surface area contributed by atoms with Gasteiger partial charge in [0.15, 0.2) is 0 Å². The second-order valence-electron chi connectivity index (χ2n) is 4.56. The zero-order chi connectivity index (χ0) is 15.0. The summed E-state index contributed by atoms with van der Waals surface area (Å²) in [5, 5.41) is 5.85. The number of nitrogens with one attached hydrogen (secondary N) is 1. The van der Waals surface area contributed by atoms with Crippen LogP contribution in [0.25, 0.3) is 10.2 Å². The highest BCUT2D eigenvalue weighted by atomic mass is 35.5. The number of aryl methyl sites for hydroxylation is 1. The fourth-order valence-corrected chi connectivity index (χ4v) is 3.68. The quantitative estimate of drug-likeness (QED) is 0.692. The normalized spacial score (nSPS) is 11.0. The number of halogens is 2. The lowest BCUT2D eigenvalue weighted by molar-refractivity contribution is 0.101. The Balaban J connectivity index is 1.94. The van der Waals surface area contributed by atoms with Crippen molar-refractivity contribution in [1.82, 2.24) is 4.57 Å². The first-order valence-corrected chi connectivity index (χ1v) is 8.06. The van der Waals surface area contributed by atoms with E-state index >= 15 is 0 Å². The fourth-order valence-electron chi connectivity index (χ4n) is 2.33. The largest absolute Gasteiger partial charge is 0.336 e. The number of rotatable bonds is 3. The minimum atomic E-state index is -0.168. The van der Waals surface area contributed by atoms with Gasteiger partial charge >= 0.3 is 0 Å². The van der Waals surface area contributed by atoms with Gasteiger partial charge in [-0.05, 0) is 42.6 Å². The predicted octanol–water partition coefficient (Wildman–Crippen LogP) is 5.28. The van der Waals surface area contributed by atoms with Gasteiger partial charge < -0.3 is 9.88 Å². The number of amides is 1. The Hall–Kier alpha value is -1.49. The van der Waals surface area contributed by atoms with Crippen LogP contribution in [0.1, 0.15) is 17.4 Å². The summed E-state index contributed by atoms with van der Waals surface area (Å²) >= 11 is 13.5. The van der Waals surface area contributed by atoms with E-state index in [1.807, 2.05) is 29.0 Å². The molecule has 108 valence electrons. The van der Waals surface area contributed by atoms with Crippen LogP contribution in [0, 0.1) is 0 Å². The summed E-state index contributed by atoms with van der Waals surface area (Å²) in [4.78, 5) is 12.5. The molecule has 0 saturated carbocycles. The lowest BCUT2D eigenvalue weighted by Gasteiger charge is -2.09. The van der Waals surface area contributed by atoms with Crippen LogP contribution in [0.2, 0.25) is 10.0 Å². The molecule has 1 aromatic carbocycles. The van der Waals surface area contributed by atoms with E-state index in [4.69, 9.17) is 23.2 Å². The summed E-state index contributed by atoms with van der Waals surface area (Å²) in [5.41, 5.74) is 2.30. The van der Waals surface area contributed by atoms with E-state index in [9.17, 15) is 4.79 Å². The van der Waals surface area contributed by atoms with Crippen molar-refractivity contribution in [3.63, 3.8) is 0 Å². The number of aromatic nitrogens is 1. The zero-order valence-electron chi connectivity index (χ0n) is 11.2. The number of carbonyl (C=O) groups is 1. The lowest BCUT2D eigenvalue weighted by atomic mass is 10.3. The monoisotopic (exact) mass is 338 g/mol. The maximum atomic E-state index is 12.5. The van der Waals surface area contributed by atoms with Crippen molar-refractivity contribution in [1.29, 1.82) is 0 Å². The first-order valence-electron chi connectivity index (χ1n) is 6.42. The summed E-state index contributed by atoms with van der Waals surface area (Å²) in [5.74, 6) is -0.168. The average Bonchev–Trinajstić information content (AvgIpc) is 2.96. The number of thiophene rings is 1. The first-order chi connectivity index (χ1) is 10.1. The van der Waals surface area contributed by atoms with Gasteiger partial charge in [-0.2, -0.15) is 0 Å². The standard InChI is InChI=1S/C15H12Cl2N2OS/c1-2-19-12-3-4-21-14(12)8-13(19)15(20)18-11-6-9(16)5-10(17)7-11/h3-8H,2H2,1H3,(H,18,20). The average molecular weight is 339 g/mol. The Morgan fingerprint density at radius 1 is 1.24 bits per heavy atom. The third-order valence-electron chi connectivity index (χ3n) is 3.19. The van der Waals surface area contributed by atoms with E-state index < -0.39 is 0 Å². The number of anilines is 1. The molecule has 2 heterocycles. The molecule has 21 heavy (non-hydrogen) atoms. The van der Waals surface area contributed by atoms with Gasteiger partial charge in [-0.15, -0.1) is 11.3 Å². The molecule has 0 radical (unpaired) electrons. The van der Waals surface area contributed by atoms with E-state index in [-0.39, 0.29) is 5.91 Å². The van der Waals surface area contributed by atoms with E-state index in [1.54, 1.807) is 29.5 Å². The van der Waals surface area contributed by atoms with Crippen molar-refractivity contribution >= 4 is 56.3 Å². The van der Waals surface area contributed by atoms with Crippen LogP contribution >= 0.6 is 34.5 Å². The Bertz CT molecular complexity index is 802. The highest BCUT2D eigenvalue weighted by Crippen LogP contribution is 2.27. The molecule has 0 unspecified atom stereocenters. The van der Waals surface area contributed by atoms with Gasteiger partial charge in [0.25, 0.3) is 5.91 Å². The van der Waals surface area contributed by atoms with Gasteiger partial charge in [0.05, 0.1) is 10.2 Å². The molecule has 1 N–H and O–H groups in total. The molecule has 3 rings (SSSR count). The predicted molar refractivity (Wildman–Crippen MR) is 89.9 cm³/mol. The number of nitrogens with zero attached hydrogens (tertiary/aromatic N) is 1.